The van der Waals surface area contributed by atoms with E-state index in [2.05, 4.69) is 0 Å². The molecule has 2 unspecified atom stereocenters. The number of hydrogen-bond donors (Lipinski definition) is 2. The molecule has 0 heterocycles. The van der Waals surface area contributed by atoms with Gasteiger partial charge in [0.2, 0.25) is 0 Å². The van der Waals surface area contributed by atoms with E-state index < -0.39 is 17.5 Å². The third-order valence-electron chi connectivity index (χ3n) is 2.52. The van der Waals surface area contributed by atoms with Gasteiger partial charge in [-0.3, -0.25) is 4.79 Å². The number of carboxylic acid groups (broad SMARTS) is 1. The van der Waals surface area contributed by atoms with Crippen LogP contribution in [0.25, 0.3) is 0 Å². The number of rotatable bonds is 8. The van der Waals surface area contributed by atoms with Gasteiger partial charge in [0.15, 0.2) is 0 Å². The second-order valence-corrected chi connectivity index (χ2v) is 4.13. The lowest BCUT2D eigenvalue weighted by Crippen LogP contribution is -2.33. The van der Waals surface area contributed by atoms with Crippen molar-refractivity contribution in [1.29, 1.82) is 0 Å². The van der Waals surface area contributed by atoms with Gasteiger partial charge in [-0.15, -0.1) is 0 Å². The number of aliphatic hydroxyl groups is 1. The molecule has 0 aromatic heterocycles. The molecule has 0 amide bonds. The van der Waals surface area contributed by atoms with Crippen LogP contribution in [0.4, 0.5) is 0 Å². The van der Waals surface area contributed by atoms with Crippen molar-refractivity contribution in [2.24, 2.45) is 5.41 Å². The maximum Gasteiger partial charge on any atom is 0.309 e. The lowest BCUT2D eigenvalue weighted by molar-refractivity contribution is -0.151. The minimum Gasteiger partial charge on any atom is -0.481 e. The molecule has 90 valence electrons. The topological polar surface area (TPSA) is 66.8 Å². The first-order valence-electron chi connectivity index (χ1n) is 5.45. The third-order valence-corrected chi connectivity index (χ3v) is 2.52. The summed E-state index contributed by atoms with van der Waals surface area (Å²) in [6.07, 6.45) is 0.920. The Balaban J connectivity index is 4.21. The molecule has 0 aliphatic heterocycles. The van der Waals surface area contributed by atoms with Crippen molar-refractivity contribution in [3.8, 4) is 0 Å². The average molecular weight is 218 g/mol. The Bertz CT molecular complexity index is 193. The van der Waals surface area contributed by atoms with Crippen LogP contribution in [0.5, 0.6) is 0 Å². The number of ether oxygens (including phenoxy) is 1. The molecule has 0 fully saturated rings. The molecule has 4 heteroatoms. The first-order valence-corrected chi connectivity index (χ1v) is 5.45. The Hall–Kier alpha value is -0.610. The summed E-state index contributed by atoms with van der Waals surface area (Å²) in [5, 5.41) is 18.7. The van der Waals surface area contributed by atoms with E-state index in [1.807, 2.05) is 13.8 Å². The molecule has 0 aliphatic rings. The molecule has 4 nitrogen and oxygen atoms in total. The maximum atomic E-state index is 11.1. The zero-order valence-corrected chi connectivity index (χ0v) is 9.82. The van der Waals surface area contributed by atoms with Crippen LogP contribution < -0.4 is 0 Å². The molecule has 0 saturated heterocycles. The number of carbonyl (C=O) groups is 1. The molecule has 2 atom stereocenters. The highest BCUT2D eigenvalue weighted by molar-refractivity contribution is 5.74. The van der Waals surface area contributed by atoms with Crippen molar-refractivity contribution in [2.45, 2.75) is 46.1 Å². The van der Waals surface area contributed by atoms with Crippen LogP contribution >= 0.6 is 0 Å². The van der Waals surface area contributed by atoms with Crippen LogP contribution in [0.15, 0.2) is 0 Å². The highest BCUT2D eigenvalue weighted by Gasteiger charge is 2.34. The van der Waals surface area contributed by atoms with E-state index in [9.17, 15) is 9.90 Å². The highest BCUT2D eigenvalue weighted by Crippen LogP contribution is 2.29. The summed E-state index contributed by atoms with van der Waals surface area (Å²) in [5.41, 5.74) is -0.842. The van der Waals surface area contributed by atoms with E-state index >= 15 is 0 Å². The second-order valence-electron chi connectivity index (χ2n) is 4.13. The fraction of sp³-hybridized carbons (Fsp3) is 0.909. The summed E-state index contributed by atoms with van der Waals surface area (Å²) in [7, 11) is 0. The van der Waals surface area contributed by atoms with Gasteiger partial charge < -0.3 is 14.9 Å². The fourth-order valence-corrected chi connectivity index (χ4v) is 1.68. The SMILES string of the molecule is CCCC(C)(CC(O)COCC)C(=O)O. The van der Waals surface area contributed by atoms with Crippen molar-refractivity contribution in [3.05, 3.63) is 0 Å². The standard InChI is InChI=1S/C11H22O4/c1-4-6-11(3,10(13)14)7-9(12)8-15-5-2/h9,12H,4-8H2,1-3H3,(H,13,14). The Morgan fingerprint density at radius 2 is 2.07 bits per heavy atom. The Morgan fingerprint density at radius 1 is 1.47 bits per heavy atom. The molecule has 2 N–H and O–H groups in total. The first-order chi connectivity index (χ1) is 6.96. The highest BCUT2D eigenvalue weighted by atomic mass is 16.5. The summed E-state index contributed by atoms with van der Waals surface area (Å²) in [6.45, 7) is 6.21. The second kappa shape index (κ2) is 6.80. The van der Waals surface area contributed by atoms with E-state index in [1.54, 1.807) is 6.92 Å². The lowest BCUT2D eigenvalue weighted by atomic mass is 9.80. The zero-order valence-electron chi connectivity index (χ0n) is 9.82. The van der Waals surface area contributed by atoms with Gasteiger partial charge in [0.25, 0.3) is 0 Å². The number of hydrogen-bond acceptors (Lipinski definition) is 3. The van der Waals surface area contributed by atoms with E-state index in [4.69, 9.17) is 9.84 Å². The summed E-state index contributed by atoms with van der Waals surface area (Å²) in [5.74, 6) is -0.847. The minimum atomic E-state index is -0.847. The van der Waals surface area contributed by atoms with Gasteiger partial charge in [-0.1, -0.05) is 13.3 Å². The van der Waals surface area contributed by atoms with E-state index in [0.29, 0.717) is 13.0 Å². The van der Waals surface area contributed by atoms with Crippen LogP contribution in [0.2, 0.25) is 0 Å². The summed E-state index contributed by atoms with van der Waals surface area (Å²) < 4.78 is 5.06. The summed E-state index contributed by atoms with van der Waals surface area (Å²) in [4.78, 5) is 11.1. The fourth-order valence-electron chi connectivity index (χ4n) is 1.68. The minimum absolute atomic E-state index is 0.211. The van der Waals surface area contributed by atoms with Crippen LogP contribution in [-0.4, -0.2) is 35.5 Å². The van der Waals surface area contributed by atoms with Crippen molar-refractivity contribution in [1.82, 2.24) is 0 Å². The van der Waals surface area contributed by atoms with Crippen molar-refractivity contribution < 1.29 is 19.7 Å². The molecule has 0 rings (SSSR count). The van der Waals surface area contributed by atoms with Crippen molar-refractivity contribution >= 4 is 5.97 Å². The predicted octanol–water partition coefficient (Wildman–Crippen LogP) is 1.66. The Kier molecular flexibility index (Phi) is 6.52. The normalized spacial score (nSPS) is 17.1. The van der Waals surface area contributed by atoms with Gasteiger partial charge in [-0.05, 0) is 26.7 Å². The van der Waals surface area contributed by atoms with Gasteiger partial charge in [0, 0.05) is 6.61 Å². The van der Waals surface area contributed by atoms with Gasteiger partial charge in [-0.2, -0.15) is 0 Å². The molecule has 0 aliphatic carbocycles. The first kappa shape index (κ1) is 14.4. The third kappa shape index (κ3) is 5.14. The molecular weight excluding hydrogens is 196 g/mol. The molecule has 0 aromatic rings. The number of aliphatic hydroxyl groups excluding tert-OH is 1. The number of aliphatic carboxylic acids is 1. The quantitative estimate of drug-likeness (QED) is 0.650. The van der Waals surface area contributed by atoms with E-state index in [0.717, 1.165) is 6.42 Å². The molecule has 0 saturated carbocycles. The Labute approximate surface area is 91.3 Å². The van der Waals surface area contributed by atoms with Crippen LogP contribution in [-0.2, 0) is 9.53 Å². The maximum absolute atomic E-state index is 11.1. The summed E-state index contributed by atoms with van der Waals surface area (Å²) >= 11 is 0. The van der Waals surface area contributed by atoms with E-state index in [-0.39, 0.29) is 13.0 Å². The molecule has 0 aromatic carbocycles. The van der Waals surface area contributed by atoms with Crippen molar-refractivity contribution in [3.63, 3.8) is 0 Å². The molecule has 0 spiro atoms. The van der Waals surface area contributed by atoms with Crippen LogP contribution in [0.1, 0.15) is 40.0 Å². The van der Waals surface area contributed by atoms with Gasteiger partial charge >= 0.3 is 5.97 Å². The molecule has 0 radical (unpaired) electrons. The van der Waals surface area contributed by atoms with Crippen LogP contribution in [0.3, 0.4) is 0 Å². The van der Waals surface area contributed by atoms with E-state index in [1.165, 1.54) is 0 Å². The largest absolute Gasteiger partial charge is 0.481 e. The Morgan fingerprint density at radius 3 is 2.47 bits per heavy atom. The molecule has 15 heavy (non-hydrogen) atoms. The average Bonchev–Trinajstić information content (AvgIpc) is 2.14. The monoisotopic (exact) mass is 218 g/mol. The molecular formula is C11H22O4. The smallest absolute Gasteiger partial charge is 0.309 e. The van der Waals surface area contributed by atoms with Gasteiger partial charge in [0.05, 0.1) is 18.1 Å². The zero-order chi connectivity index (χ0) is 11.9. The number of carboxylic acids is 1. The van der Waals surface area contributed by atoms with Gasteiger partial charge in [0.1, 0.15) is 0 Å². The molecule has 0 bridgehead atoms. The summed E-state index contributed by atoms with van der Waals surface area (Å²) in [6, 6.07) is 0. The van der Waals surface area contributed by atoms with Crippen LogP contribution in [0, 0.1) is 5.41 Å². The van der Waals surface area contributed by atoms with Crippen molar-refractivity contribution in [2.75, 3.05) is 13.2 Å². The lowest BCUT2D eigenvalue weighted by Gasteiger charge is -2.26. The van der Waals surface area contributed by atoms with Gasteiger partial charge in [-0.25, -0.2) is 0 Å². The predicted molar refractivity (Wildman–Crippen MR) is 57.8 cm³/mol.